The van der Waals surface area contributed by atoms with E-state index in [-0.39, 0.29) is 19.2 Å². The summed E-state index contributed by atoms with van der Waals surface area (Å²) in [6.07, 6.45) is 0. The summed E-state index contributed by atoms with van der Waals surface area (Å²) in [6.45, 7) is -0.380. The van der Waals surface area contributed by atoms with E-state index in [0.717, 1.165) is 5.56 Å². The van der Waals surface area contributed by atoms with Crippen LogP contribution in [0.15, 0.2) is 42.5 Å². The first-order valence-electron chi connectivity index (χ1n) is 9.17. The van der Waals surface area contributed by atoms with Gasteiger partial charge in [-0.2, -0.15) is 0 Å². The van der Waals surface area contributed by atoms with Crippen LogP contribution in [-0.4, -0.2) is 56.8 Å². The summed E-state index contributed by atoms with van der Waals surface area (Å²) in [5.41, 5.74) is 1.15. The molecule has 0 atom stereocenters. The Bertz CT molecular complexity index is 945. The van der Waals surface area contributed by atoms with Gasteiger partial charge in [-0.1, -0.05) is 18.2 Å². The largest absolute Gasteiger partial charge is 0.496 e. The van der Waals surface area contributed by atoms with Crippen LogP contribution < -0.4 is 19.5 Å². The highest BCUT2D eigenvalue weighted by Crippen LogP contribution is 2.32. The van der Waals surface area contributed by atoms with Crippen LogP contribution in [-0.2, 0) is 20.9 Å². The van der Waals surface area contributed by atoms with Crippen molar-refractivity contribution in [1.82, 2.24) is 10.2 Å². The zero-order chi connectivity index (χ0) is 21.5. The van der Waals surface area contributed by atoms with Crippen LogP contribution in [0.4, 0.5) is 0 Å². The van der Waals surface area contributed by atoms with Gasteiger partial charge in [0.15, 0.2) is 18.1 Å². The maximum absolute atomic E-state index is 12.2. The minimum Gasteiger partial charge on any atom is -0.496 e. The van der Waals surface area contributed by atoms with Crippen molar-refractivity contribution in [2.24, 2.45) is 0 Å². The second-order valence-corrected chi connectivity index (χ2v) is 6.47. The van der Waals surface area contributed by atoms with Crippen molar-refractivity contribution in [1.29, 1.82) is 0 Å². The fraction of sp³-hybridized carbons (Fsp3) is 0.286. The topological polar surface area (TPSA) is 103 Å². The minimum atomic E-state index is -0.719. The molecule has 0 aliphatic carbocycles. The van der Waals surface area contributed by atoms with Crippen LogP contribution in [0.25, 0.3) is 0 Å². The van der Waals surface area contributed by atoms with Gasteiger partial charge >= 0.3 is 5.97 Å². The quantitative estimate of drug-likeness (QED) is 0.651. The number of hydrogen-bond acceptors (Lipinski definition) is 7. The molecule has 1 aliphatic heterocycles. The number of hydrogen-bond donors (Lipinski definition) is 1. The molecule has 0 radical (unpaired) electrons. The second kappa shape index (κ2) is 9.64. The number of methoxy groups -OCH3 is 1. The number of benzene rings is 2. The number of rotatable bonds is 8. The fourth-order valence-corrected chi connectivity index (χ4v) is 2.77. The van der Waals surface area contributed by atoms with Gasteiger partial charge in [0, 0.05) is 24.7 Å². The molecule has 0 saturated heterocycles. The zero-order valence-electron chi connectivity index (χ0n) is 16.7. The van der Waals surface area contributed by atoms with E-state index in [1.165, 1.54) is 11.0 Å². The number of amides is 2. The van der Waals surface area contributed by atoms with Gasteiger partial charge in [0.25, 0.3) is 11.8 Å². The van der Waals surface area contributed by atoms with Crippen LogP contribution in [0.2, 0.25) is 0 Å². The number of esters is 1. The molecular weight excluding hydrogens is 392 g/mol. The molecule has 0 fully saturated rings. The lowest BCUT2D eigenvalue weighted by atomic mass is 10.2. The van der Waals surface area contributed by atoms with E-state index >= 15 is 0 Å². The SMILES string of the molecule is COc1ccccc1CN(C)C(=O)COC(=O)CNC(=O)c1ccc2c(c1)OCO2. The average Bonchev–Trinajstić information content (AvgIpc) is 3.24. The van der Waals surface area contributed by atoms with E-state index in [9.17, 15) is 14.4 Å². The first-order chi connectivity index (χ1) is 14.5. The average molecular weight is 414 g/mol. The Labute approximate surface area is 173 Å². The molecule has 9 nitrogen and oxygen atoms in total. The molecule has 30 heavy (non-hydrogen) atoms. The number of ether oxygens (including phenoxy) is 4. The molecule has 0 aromatic heterocycles. The van der Waals surface area contributed by atoms with Crippen LogP contribution in [0.1, 0.15) is 15.9 Å². The molecule has 0 bridgehead atoms. The number of carbonyl (C=O) groups is 3. The number of nitrogens with one attached hydrogen (secondary N) is 1. The summed E-state index contributed by atoms with van der Waals surface area (Å²) in [4.78, 5) is 37.7. The third kappa shape index (κ3) is 5.19. The first kappa shape index (κ1) is 21.0. The Morgan fingerprint density at radius 1 is 1.10 bits per heavy atom. The molecule has 158 valence electrons. The zero-order valence-corrected chi connectivity index (χ0v) is 16.7. The highest BCUT2D eigenvalue weighted by molar-refractivity contribution is 5.96. The van der Waals surface area contributed by atoms with E-state index in [0.29, 0.717) is 29.4 Å². The maximum atomic E-state index is 12.2. The maximum Gasteiger partial charge on any atom is 0.325 e. The highest BCUT2D eigenvalue weighted by Gasteiger charge is 2.18. The second-order valence-electron chi connectivity index (χ2n) is 6.47. The molecule has 2 aromatic rings. The lowest BCUT2D eigenvalue weighted by Gasteiger charge is -2.18. The molecule has 3 rings (SSSR count). The molecule has 0 spiro atoms. The Hall–Kier alpha value is -3.75. The monoisotopic (exact) mass is 414 g/mol. The number of carbonyl (C=O) groups excluding carboxylic acids is 3. The summed E-state index contributed by atoms with van der Waals surface area (Å²) in [6, 6.07) is 12.0. The summed E-state index contributed by atoms with van der Waals surface area (Å²) >= 11 is 0. The molecule has 9 heteroatoms. The number of likely N-dealkylation sites (N-methyl/N-ethyl adjacent to an activating group) is 1. The highest BCUT2D eigenvalue weighted by atomic mass is 16.7. The normalized spacial score (nSPS) is 11.5. The lowest BCUT2D eigenvalue weighted by Crippen LogP contribution is -2.34. The number of fused-ring (bicyclic) bond motifs is 1. The van der Waals surface area contributed by atoms with E-state index in [4.69, 9.17) is 18.9 Å². The van der Waals surface area contributed by atoms with Crippen molar-refractivity contribution < 1.29 is 33.3 Å². The van der Waals surface area contributed by atoms with Gasteiger partial charge in [0.2, 0.25) is 6.79 Å². The third-order valence-corrected chi connectivity index (χ3v) is 4.41. The van der Waals surface area contributed by atoms with Crippen molar-refractivity contribution >= 4 is 17.8 Å². The standard InChI is InChI=1S/C21H22N2O7/c1-23(11-15-5-3-4-6-16(15)27-2)19(24)12-28-20(25)10-22-21(26)14-7-8-17-18(9-14)30-13-29-17/h3-9H,10-13H2,1-2H3,(H,22,26). The van der Waals surface area contributed by atoms with Crippen LogP contribution in [0.5, 0.6) is 17.2 Å². The smallest absolute Gasteiger partial charge is 0.325 e. The van der Waals surface area contributed by atoms with Crippen LogP contribution in [0.3, 0.4) is 0 Å². The fourth-order valence-electron chi connectivity index (χ4n) is 2.77. The van der Waals surface area contributed by atoms with E-state index in [1.807, 2.05) is 18.2 Å². The van der Waals surface area contributed by atoms with Crippen molar-refractivity contribution in [3.63, 3.8) is 0 Å². The Balaban J connectivity index is 1.42. The predicted molar refractivity (Wildman–Crippen MR) is 105 cm³/mol. The van der Waals surface area contributed by atoms with Gasteiger partial charge in [-0.3, -0.25) is 14.4 Å². The van der Waals surface area contributed by atoms with Gasteiger partial charge < -0.3 is 29.2 Å². The molecule has 1 aliphatic rings. The first-order valence-corrected chi connectivity index (χ1v) is 9.17. The molecule has 1 N–H and O–H groups in total. The summed E-state index contributed by atoms with van der Waals surface area (Å²) < 4.78 is 20.6. The van der Waals surface area contributed by atoms with E-state index in [1.54, 1.807) is 32.4 Å². The van der Waals surface area contributed by atoms with Gasteiger partial charge in [-0.05, 0) is 24.3 Å². The van der Waals surface area contributed by atoms with Gasteiger partial charge in [0.1, 0.15) is 12.3 Å². The van der Waals surface area contributed by atoms with Gasteiger partial charge in [0.05, 0.1) is 7.11 Å². The van der Waals surface area contributed by atoms with Gasteiger partial charge in [-0.25, -0.2) is 0 Å². The summed E-state index contributed by atoms with van der Waals surface area (Å²) in [7, 11) is 3.16. The van der Waals surface area contributed by atoms with Crippen molar-refractivity contribution in [2.45, 2.75) is 6.54 Å². The molecule has 2 aromatic carbocycles. The minimum absolute atomic E-state index is 0.103. The van der Waals surface area contributed by atoms with Crippen molar-refractivity contribution in [3.8, 4) is 17.2 Å². The Morgan fingerprint density at radius 2 is 1.87 bits per heavy atom. The molecule has 2 amide bonds. The number of para-hydroxylation sites is 1. The molecule has 0 saturated carbocycles. The van der Waals surface area contributed by atoms with Crippen molar-refractivity contribution in [2.75, 3.05) is 34.1 Å². The van der Waals surface area contributed by atoms with E-state index in [2.05, 4.69) is 5.32 Å². The summed E-state index contributed by atoms with van der Waals surface area (Å²) in [5.74, 6) is 0.125. The van der Waals surface area contributed by atoms with Gasteiger partial charge in [-0.15, -0.1) is 0 Å². The van der Waals surface area contributed by atoms with Crippen LogP contribution in [0, 0.1) is 0 Å². The predicted octanol–water partition coefficient (Wildman–Crippen LogP) is 1.36. The summed E-state index contributed by atoms with van der Waals surface area (Å²) in [5, 5.41) is 2.45. The molecule has 0 unspecified atom stereocenters. The Kier molecular flexibility index (Phi) is 6.74. The molecule has 1 heterocycles. The molecular formula is C21H22N2O7. The lowest BCUT2D eigenvalue weighted by molar-refractivity contribution is -0.150. The van der Waals surface area contributed by atoms with Crippen molar-refractivity contribution in [3.05, 3.63) is 53.6 Å². The Morgan fingerprint density at radius 3 is 2.67 bits per heavy atom. The third-order valence-electron chi connectivity index (χ3n) is 4.41. The number of nitrogens with zero attached hydrogens (tertiary/aromatic N) is 1. The van der Waals surface area contributed by atoms with Crippen LogP contribution >= 0.6 is 0 Å². The van der Waals surface area contributed by atoms with E-state index < -0.39 is 18.5 Å².